The summed E-state index contributed by atoms with van der Waals surface area (Å²) in [7, 11) is 1.33. The number of benzene rings is 2. The summed E-state index contributed by atoms with van der Waals surface area (Å²) < 4.78 is 11.2. The van der Waals surface area contributed by atoms with Gasteiger partial charge in [0.1, 0.15) is 18.6 Å². The molecule has 0 aromatic heterocycles. The van der Waals surface area contributed by atoms with Crippen LogP contribution in [0.5, 0.6) is 0 Å². The van der Waals surface area contributed by atoms with Crippen molar-refractivity contribution in [1.29, 1.82) is 0 Å². The van der Waals surface area contributed by atoms with Crippen LogP contribution in [0.4, 0.5) is 5.69 Å². The van der Waals surface area contributed by atoms with E-state index < -0.39 is 5.97 Å². The molecule has 7 heteroatoms. The number of hydrogen-bond donors (Lipinski definition) is 1. The average molecular weight is 494 g/mol. The number of ether oxygens (including phenoxy) is 2. The Morgan fingerprint density at radius 1 is 0.972 bits per heavy atom. The summed E-state index contributed by atoms with van der Waals surface area (Å²) in [4.78, 5) is 38.8. The summed E-state index contributed by atoms with van der Waals surface area (Å²) in [6.45, 7) is 4.07. The van der Waals surface area contributed by atoms with E-state index in [1.54, 1.807) is 12.1 Å². The van der Waals surface area contributed by atoms with E-state index in [0.29, 0.717) is 28.8 Å². The maximum absolute atomic E-state index is 13.5. The Hall–Kier alpha value is -3.19. The highest BCUT2D eigenvalue weighted by Gasteiger charge is 2.41. The van der Waals surface area contributed by atoms with Gasteiger partial charge < -0.3 is 19.3 Å². The van der Waals surface area contributed by atoms with E-state index in [0.717, 1.165) is 56.2 Å². The molecule has 2 aliphatic rings. The summed E-state index contributed by atoms with van der Waals surface area (Å²) in [5, 5.41) is 2.98. The third kappa shape index (κ3) is 6.32. The van der Waals surface area contributed by atoms with Gasteiger partial charge in [-0.2, -0.15) is 0 Å². The molecule has 192 valence electrons. The summed E-state index contributed by atoms with van der Waals surface area (Å²) in [5.74, 6) is -1.02. The minimum absolute atomic E-state index is 0.0385. The van der Waals surface area contributed by atoms with Crippen molar-refractivity contribution in [3.8, 4) is 0 Å². The zero-order valence-corrected chi connectivity index (χ0v) is 21.3. The molecule has 4 rings (SSSR count). The summed E-state index contributed by atoms with van der Waals surface area (Å²) in [6.07, 6.45) is 5.80. The van der Waals surface area contributed by atoms with Crippen LogP contribution in [0.3, 0.4) is 0 Å². The molecular formula is C29H37N2O5+. The number of piperidine rings is 1. The molecule has 1 saturated heterocycles. The van der Waals surface area contributed by atoms with Gasteiger partial charge in [0.25, 0.3) is 5.91 Å². The number of likely N-dealkylation sites (tertiary alicyclic amines) is 1. The number of rotatable bonds is 8. The van der Waals surface area contributed by atoms with E-state index >= 15 is 0 Å². The van der Waals surface area contributed by atoms with Crippen LogP contribution >= 0.6 is 0 Å². The van der Waals surface area contributed by atoms with Crippen molar-refractivity contribution in [2.75, 3.05) is 32.1 Å². The lowest BCUT2D eigenvalue weighted by atomic mass is 9.94. The Bertz CT molecular complexity index is 1080. The van der Waals surface area contributed by atoms with Crippen LogP contribution in [0, 0.1) is 12.8 Å². The molecule has 1 saturated carbocycles. The zero-order chi connectivity index (χ0) is 25.5. The van der Waals surface area contributed by atoms with Crippen LogP contribution in [0.1, 0.15) is 60.0 Å². The van der Waals surface area contributed by atoms with Crippen molar-refractivity contribution in [1.82, 2.24) is 0 Å². The monoisotopic (exact) mass is 493 g/mol. The van der Waals surface area contributed by atoms with Crippen LogP contribution in [0.2, 0.25) is 0 Å². The predicted octanol–water partition coefficient (Wildman–Crippen LogP) is 4.63. The van der Waals surface area contributed by atoms with E-state index in [9.17, 15) is 14.4 Å². The molecule has 1 heterocycles. The first-order valence-corrected chi connectivity index (χ1v) is 13.0. The van der Waals surface area contributed by atoms with Crippen molar-refractivity contribution >= 4 is 23.5 Å². The maximum Gasteiger partial charge on any atom is 0.339 e. The highest BCUT2D eigenvalue weighted by Crippen LogP contribution is 2.30. The molecule has 2 fully saturated rings. The molecule has 2 aromatic rings. The SMILES string of the molecule is COC(=O)c1cccc(C)c1NC(=O)C[N+]1(Cc2ccccc2)CCCC(C(=O)OC2CCCC2)C1. The van der Waals surface area contributed by atoms with Gasteiger partial charge in [0.05, 0.1) is 31.5 Å². The number of amides is 1. The molecule has 36 heavy (non-hydrogen) atoms. The van der Waals surface area contributed by atoms with Crippen molar-refractivity contribution in [3.05, 3.63) is 65.2 Å². The van der Waals surface area contributed by atoms with Gasteiger partial charge in [-0.15, -0.1) is 0 Å². The first-order chi connectivity index (χ1) is 17.4. The lowest BCUT2D eigenvalue weighted by Crippen LogP contribution is -2.58. The molecule has 1 amide bonds. The minimum Gasteiger partial charge on any atom is -0.465 e. The second kappa shape index (κ2) is 11.7. The average Bonchev–Trinajstić information content (AvgIpc) is 3.38. The number of quaternary nitrogens is 1. The number of methoxy groups -OCH3 is 1. The highest BCUT2D eigenvalue weighted by atomic mass is 16.5. The number of carbonyl (C=O) groups is 3. The van der Waals surface area contributed by atoms with Crippen LogP contribution in [0.25, 0.3) is 0 Å². The third-order valence-electron chi connectivity index (χ3n) is 7.49. The van der Waals surface area contributed by atoms with Gasteiger partial charge in [-0.25, -0.2) is 4.79 Å². The number of esters is 2. The number of nitrogens with zero attached hydrogens (tertiary/aromatic N) is 1. The number of nitrogens with one attached hydrogen (secondary N) is 1. The molecule has 2 aromatic carbocycles. The van der Waals surface area contributed by atoms with E-state index in [-0.39, 0.29) is 30.4 Å². The Balaban J connectivity index is 1.54. The Morgan fingerprint density at radius 2 is 1.72 bits per heavy atom. The van der Waals surface area contributed by atoms with Crippen molar-refractivity contribution in [2.24, 2.45) is 5.92 Å². The normalized spacial score (nSPS) is 22.1. The summed E-state index contributed by atoms with van der Waals surface area (Å²) in [5.41, 5.74) is 2.72. The fraction of sp³-hybridized carbons (Fsp3) is 0.483. The zero-order valence-electron chi connectivity index (χ0n) is 21.3. The van der Waals surface area contributed by atoms with Crippen molar-refractivity contribution in [3.63, 3.8) is 0 Å². The number of para-hydroxylation sites is 1. The Labute approximate surface area is 213 Å². The van der Waals surface area contributed by atoms with Crippen LogP contribution in [-0.2, 0) is 25.6 Å². The predicted molar refractivity (Wildman–Crippen MR) is 137 cm³/mol. The molecule has 0 radical (unpaired) electrons. The van der Waals surface area contributed by atoms with E-state index in [1.165, 1.54) is 7.11 Å². The van der Waals surface area contributed by atoms with Gasteiger partial charge in [0.15, 0.2) is 6.54 Å². The number of anilines is 1. The molecule has 2 atom stereocenters. The summed E-state index contributed by atoms with van der Waals surface area (Å²) >= 11 is 0. The minimum atomic E-state index is -0.491. The number of hydrogen-bond acceptors (Lipinski definition) is 5. The molecule has 2 unspecified atom stereocenters. The van der Waals surface area contributed by atoms with E-state index in [4.69, 9.17) is 9.47 Å². The highest BCUT2D eigenvalue weighted by molar-refractivity contribution is 6.02. The van der Waals surface area contributed by atoms with E-state index in [1.807, 2.05) is 31.2 Å². The topological polar surface area (TPSA) is 81.7 Å². The largest absolute Gasteiger partial charge is 0.465 e. The molecule has 0 bridgehead atoms. The number of aryl methyl sites for hydroxylation is 1. The standard InChI is InChI=1S/C29H36N2O5/c1-21-10-8-16-25(29(34)35-2)27(21)30-26(32)20-31(18-22-11-4-3-5-12-22)17-9-13-23(19-31)28(33)36-24-14-6-7-15-24/h3-5,8,10-12,16,23-24H,6-7,9,13-15,17-20H2,1-2H3/p+1. The molecular weight excluding hydrogens is 456 g/mol. The van der Waals surface area contributed by atoms with Crippen LogP contribution in [-0.4, -0.2) is 55.2 Å². The first kappa shape index (κ1) is 25.9. The fourth-order valence-corrected chi connectivity index (χ4v) is 5.69. The van der Waals surface area contributed by atoms with Crippen LogP contribution < -0.4 is 5.32 Å². The second-order valence-corrected chi connectivity index (χ2v) is 10.3. The molecule has 0 spiro atoms. The summed E-state index contributed by atoms with van der Waals surface area (Å²) in [6, 6.07) is 15.4. The van der Waals surface area contributed by atoms with Gasteiger partial charge in [0.2, 0.25) is 0 Å². The number of carbonyl (C=O) groups excluding carboxylic acids is 3. The Morgan fingerprint density at radius 3 is 2.44 bits per heavy atom. The lowest BCUT2D eigenvalue weighted by Gasteiger charge is -2.43. The fourth-order valence-electron chi connectivity index (χ4n) is 5.69. The quantitative estimate of drug-likeness (QED) is 0.428. The van der Waals surface area contributed by atoms with Crippen molar-refractivity contribution < 1.29 is 28.3 Å². The van der Waals surface area contributed by atoms with Gasteiger partial charge in [-0.1, -0.05) is 42.5 Å². The maximum atomic E-state index is 13.5. The Kier molecular flexibility index (Phi) is 8.41. The van der Waals surface area contributed by atoms with Gasteiger partial charge >= 0.3 is 11.9 Å². The molecule has 1 aliphatic carbocycles. The van der Waals surface area contributed by atoms with Gasteiger partial charge in [-0.05, 0) is 57.1 Å². The first-order valence-electron chi connectivity index (χ1n) is 13.0. The van der Waals surface area contributed by atoms with E-state index in [2.05, 4.69) is 17.4 Å². The van der Waals surface area contributed by atoms with Crippen LogP contribution in [0.15, 0.2) is 48.5 Å². The second-order valence-electron chi connectivity index (χ2n) is 10.3. The molecule has 7 nitrogen and oxygen atoms in total. The third-order valence-corrected chi connectivity index (χ3v) is 7.49. The van der Waals surface area contributed by atoms with Gasteiger partial charge in [-0.3, -0.25) is 9.59 Å². The smallest absolute Gasteiger partial charge is 0.339 e. The van der Waals surface area contributed by atoms with Gasteiger partial charge in [0, 0.05) is 5.56 Å². The molecule has 1 N–H and O–H groups in total. The lowest BCUT2D eigenvalue weighted by molar-refractivity contribution is -0.940. The molecule has 1 aliphatic heterocycles. The van der Waals surface area contributed by atoms with Crippen molar-refractivity contribution in [2.45, 2.75) is 58.1 Å².